The maximum Gasteiger partial charge on any atom is 0.0380 e. The van der Waals surface area contributed by atoms with Crippen molar-refractivity contribution in [2.75, 3.05) is 24.5 Å². The summed E-state index contributed by atoms with van der Waals surface area (Å²) in [5, 5.41) is 3.54. The predicted molar refractivity (Wildman–Crippen MR) is 77.8 cm³/mol. The zero-order valence-corrected chi connectivity index (χ0v) is 12.3. The van der Waals surface area contributed by atoms with Crippen LogP contribution in [0, 0.1) is 6.92 Å². The summed E-state index contributed by atoms with van der Waals surface area (Å²) >= 11 is 3.58. The molecule has 0 radical (unpaired) electrons. The van der Waals surface area contributed by atoms with Crippen LogP contribution in [-0.2, 0) is 0 Å². The zero-order valence-electron chi connectivity index (χ0n) is 10.7. The van der Waals surface area contributed by atoms with E-state index in [2.05, 4.69) is 58.2 Å². The van der Waals surface area contributed by atoms with Gasteiger partial charge in [0, 0.05) is 29.3 Å². The van der Waals surface area contributed by atoms with Crippen LogP contribution in [0.4, 0.5) is 5.69 Å². The van der Waals surface area contributed by atoms with Gasteiger partial charge in [0.15, 0.2) is 0 Å². The predicted octanol–water partition coefficient (Wildman–Crippen LogP) is 3.34. The Kier molecular flexibility index (Phi) is 4.46. The maximum absolute atomic E-state index is 3.58. The Labute approximate surface area is 113 Å². The van der Waals surface area contributed by atoms with Crippen LogP contribution in [0.3, 0.4) is 0 Å². The average molecular weight is 297 g/mol. The summed E-state index contributed by atoms with van der Waals surface area (Å²) in [7, 11) is 0. The van der Waals surface area contributed by atoms with E-state index in [1.165, 1.54) is 28.6 Å². The smallest absolute Gasteiger partial charge is 0.0380 e. The molecule has 1 aliphatic heterocycles. The van der Waals surface area contributed by atoms with Gasteiger partial charge in [-0.2, -0.15) is 0 Å². The summed E-state index contributed by atoms with van der Waals surface area (Å²) in [5.41, 5.74) is 2.68. The van der Waals surface area contributed by atoms with Crippen molar-refractivity contribution in [3.05, 3.63) is 28.2 Å². The molecule has 1 heterocycles. The van der Waals surface area contributed by atoms with Crippen molar-refractivity contribution < 1.29 is 0 Å². The van der Waals surface area contributed by atoms with Gasteiger partial charge in [0.2, 0.25) is 0 Å². The summed E-state index contributed by atoms with van der Waals surface area (Å²) < 4.78 is 1.18. The van der Waals surface area contributed by atoms with Gasteiger partial charge >= 0.3 is 0 Å². The van der Waals surface area contributed by atoms with Crippen molar-refractivity contribution in [2.24, 2.45) is 0 Å². The van der Waals surface area contributed by atoms with Crippen molar-refractivity contribution in [3.63, 3.8) is 0 Å². The molecule has 0 atom stereocenters. The van der Waals surface area contributed by atoms with Crippen LogP contribution in [0.5, 0.6) is 0 Å². The van der Waals surface area contributed by atoms with E-state index in [0.29, 0.717) is 6.04 Å². The largest absolute Gasteiger partial charge is 0.371 e. The van der Waals surface area contributed by atoms with Gasteiger partial charge in [-0.25, -0.2) is 0 Å². The number of anilines is 1. The molecule has 0 amide bonds. The molecule has 0 aliphatic carbocycles. The molecule has 0 spiro atoms. The second-order valence-electron chi connectivity index (χ2n) is 4.81. The molecule has 94 valence electrons. The fraction of sp³-hybridized carbons (Fsp3) is 0.571. The van der Waals surface area contributed by atoms with Crippen LogP contribution in [0.1, 0.15) is 25.3 Å². The van der Waals surface area contributed by atoms with E-state index in [1.807, 2.05) is 0 Å². The highest BCUT2D eigenvalue weighted by Gasteiger charge is 2.18. The first-order chi connectivity index (χ1) is 8.19. The molecule has 0 saturated carbocycles. The van der Waals surface area contributed by atoms with Crippen molar-refractivity contribution in [1.82, 2.24) is 5.32 Å². The van der Waals surface area contributed by atoms with Gasteiger partial charge in [0.25, 0.3) is 0 Å². The van der Waals surface area contributed by atoms with Crippen molar-refractivity contribution in [1.29, 1.82) is 0 Å². The molecule has 1 fully saturated rings. The number of piperidine rings is 1. The van der Waals surface area contributed by atoms with Crippen LogP contribution >= 0.6 is 15.9 Å². The minimum absolute atomic E-state index is 0.712. The second-order valence-corrected chi connectivity index (χ2v) is 5.72. The van der Waals surface area contributed by atoms with Crippen LogP contribution in [-0.4, -0.2) is 25.7 Å². The molecule has 3 heteroatoms. The van der Waals surface area contributed by atoms with E-state index in [1.54, 1.807) is 0 Å². The highest BCUT2D eigenvalue weighted by molar-refractivity contribution is 9.10. The topological polar surface area (TPSA) is 15.3 Å². The van der Waals surface area contributed by atoms with Crippen LogP contribution in [0.15, 0.2) is 22.7 Å². The Morgan fingerprint density at radius 3 is 2.59 bits per heavy atom. The summed E-state index contributed by atoms with van der Waals surface area (Å²) in [5.74, 6) is 0. The first kappa shape index (κ1) is 12.9. The zero-order chi connectivity index (χ0) is 12.3. The number of hydrogen-bond acceptors (Lipinski definition) is 2. The Balaban J connectivity index is 2.00. The molecule has 1 N–H and O–H groups in total. The number of aryl methyl sites for hydroxylation is 1. The molecule has 0 unspecified atom stereocenters. The molecule has 2 rings (SSSR count). The molecule has 1 aromatic rings. The maximum atomic E-state index is 3.58. The van der Waals surface area contributed by atoms with Crippen molar-refractivity contribution in [3.8, 4) is 0 Å². The van der Waals surface area contributed by atoms with Gasteiger partial charge in [-0.1, -0.05) is 22.9 Å². The SMILES string of the molecule is CCNC1CCN(c2cc(C)cc(Br)c2)CC1. The fourth-order valence-electron chi connectivity index (χ4n) is 2.53. The number of hydrogen-bond donors (Lipinski definition) is 1. The summed E-state index contributed by atoms with van der Waals surface area (Å²) in [6.07, 6.45) is 2.50. The Morgan fingerprint density at radius 2 is 2.00 bits per heavy atom. The summed E-state index contributed by atoms with van der Waals surface area (Å²) in [4.78, 5) is 2.49. The molecule has 2 nitrogen and oxygen atoms in total. The van der Waals surface area contributed by atoms with Gasteiger partial charge in [-0.15, -0.1) is 0 Å². The van der Waals surface area contributed by atoms with Crippen LogP contribution < -0.4 is 10.2 Å². The fourth-order valence-corrected chi connectivity index (χ4v) is 3.13. The lowest BCUT2D eigenvalue weighted by atomic mass is 10.0. The highest BCUT2D eigenvalue weighted by atomic mass is 79.9. The van der Waals surface area contributed by atoms with Crippen molar-refractivity contribution in [2.45, 2.75) is 32.7 Å². The normalized spacial score (nSPS) is 17.5. The number of rotatable bonds is 3. The quantitative estimate of drug-likeness (QED) is 0.920. The monoisotopic (exact) mass is 296 g/mol. The molecule has 17 heavy (non-hydrogen) atoms. The lowest BCUT2D eigenvalue weighted by molar-refractivity contribution is 0.424. The van der Waals surface area contributed by atoms with Gasteiger partial charge in [0.1, 0.15) is 0 Å². The van der Waals surface area contributed by atoms with E-state index < -0.39 is 0 Å². The van der Waals surface area contributed by atoms with Crippen molar-refractivity contribution >= 4 is 21.6 Å². The average Bonchev–Trinajstić information content (AvgIpc) is 2.29. The van der Waals surface area contributed by atoms with Gasteiger partial charge in [-0.3, -0.25) is 0 Å². The molecule has 0 bridgehead atoms. The second kappa shape index (κ2) is 5.87. The first-order valence-electron chi connectivity index (χ1n) is 6.44. The Hall–Kier alpha value is -0.540. The van der Waals surface area contributed by atoms with Crippen LogP contribution in [0.2, 0.25) is 0 Å². The van der Waals surface area contributed by atoms with E-state index in [-0.39, 0.29) is 0 Å². The minimum Gasteiger partial charge on any atom is -0.371 e. The molecular weight excluding hydrogens is 276 g/mol. The Morgan fingerprint density at radius 1 is 1.29 bits per heavy atom. The van der Waals surface area contributed by atoms with Gasteiger partial charge in [-0.05, 0) is 50.1 Å². The molecular formula is C14H21BrN2. The number of halogens is 1. The highest BCUT2D eigenvalue weighted by Crippen LogP contribution is 2.25. The van der Waals surface area contributed by atoms with E-state index in [0.717, 1.165) is 19.6 Å². The lowest BCUT2D eigenvalue weighted by Crippen LogP contribution is -2.42. The molecule has 1 saturated heterocycles. The lowest BCUT2D eigenvalue weighted by Gasteiger charge is -2.34. The van der Waals surface area contributed by atoms with E-state index in [9.17, 15) is 0 Å². The number of benzene rings is 1. The molecule has 1 aliphatic rings. The molecule has 1 aromatic carbocycles. The minimum atomic E-state index is 0.712. The Bertz CT molecular complexity index is 350. The molecule has 0 aromatic heterocycles. The van der Waals surface area contributed by atoms with Gasteiger partial charge in [0.05, 0.1) is 0 Å². The summed E-state index contributed by atoms with van der Waals surface area (Å²) in [6.45, 7) is 7.74. The summed E-state index contributed by atoms with van der Waals surface area (Å²) in [6, 6.07) is 7.37. The first-order valence-corrected chi connectivity index (χ1v) is 7.24. The van der Waals surface area contributed by atoms with Crippen LogP contribution in [0.25, 0.3) is 0 Å². The van der Waals surface area contributed by atoms with Gasteiger partial charge < -0.3 is 10.2 Å². The number of nitrogens with one attached hydrogen (secondary N) is 1. The van der Waals surface area contributed by atoms with E-state index in [4.69, 9.17) is 0 Å². The third-order valence-corrected chi connectivity index (χ3v) is 3.84. The number of nitrogens with zero attached hydrogens (tertiary/aromatic N) is 1. The third-order valence-electron chi connectivity index (χ3n) is 3.38. The third kappa shape index (κ3) is 3.46. The van der Waals surface area contributed by atoms with E-state index >= 15 is 0 Å². The standard InChI is InChI=1S/C14H21BrN2/c1-3-16-13-4-6-17(7-5-13)14-9-11(2)8-12(15)10-14/h8-10,13,16H,3-7H2,1-2H3.